The number of amides is 1. The largest absolute Gasteiger partial charge is 0.272 e. The van der Waals surface area contributed by atoms with Gasteiger partial charge < -0.3 is 0 Å². The molecule has 1 heterocycles. The SMILES string of the molecule is CS(=O)(=O)c1ccccc1C(=O)Nn1nnc2c1CCCC2. The molecule has 8 heteroatoms. The van der Waals surface area contributed by atoms with Crippen LogP contribution in [0.3, 0.4) is 0 Å². The van der Waals surface area contributed by atoms with Crippen molar-refractivity contribution in [2.24, 2.45) is 0 Å². The fraction of sp³-hybridized carbons (Fsp3) is 0.357. The van der Waals surface area contributed by atoms with Crippen molar-refractivity contribution >= 4 is 15.7 Å². The molecule has 116 valence electrons. The monoisotopic (exact) mass is 320 g/mol. The number of sulfone groups is 1. The minimum atomic E-state index is -3.48. The van der Waals surface area contributed by atoms with Crippen LogP contribution >= 0.6 is 0 Å². The summed E-state index contributed by atoms with van der Waals surface area (Å²) in [7, 11) is -3.48. The summed E-state index contributed by atoms with van der Waals surface area (Å²) in [5.74, 6) is -0.515. The number of nitrogens with one attached hydrogen (secondary N) is 1. The van der Waals surface area contributed by atoms with Crippen molar-refractivity contribution in [3.63, 3.8) is 0 Å². The molecule has 0 fully saturated rings. The van der Waals surface area contributed by atoms with E-state index in [4.69, 9.17) is 0 Å². The Balaban J connectivity index is 1.92. The summed E-state index contributed by atoms with van der Waals surface area (Å²) in [6, 6.07) is 6.11. The van der Waals surface area contributed by atoms with E-state index in [1.165, 1.54) is 16.9 Å². The van der Waals surface area contributed by atoms with E-state index in [2.05, 4.69) is 15.7 Å². The number of carbonyl (C=O) groups is 1. The van der Waals surface area contributed by atoms with Crippen LogP contribution in [0.1, 0.15) is 34.6 Å². The molecule has 1 N–H and O–H groups in total. The molecule has 0 aliphatic heterocycles. The fourth-order valence-electron chi connectivity index (χ4n) is 2.59. The first-order valence-electron chi connectivity index (χ1n) is 7.01. The van der Waals surface area contributed by atoms with Crippen LogP contribution in [-0.2, 0) is 22.7 Å². The number of hydrogen-bond donors (Lipinski definition) is 1. The number of hydrogen-bond acceptors (Lipinski definition) is 5. The van der Waals surface area contributed by atoms with Crippen molar-refractivity contribution in [3.05, 3.63) is 41.2 Å². The molecule has 3 rings (SSSR count). The number of aryl methyl sites for hydroxylation is 1. The number of fused-ring (bicyclic) bond motifs is 1. The van der Waals surface area contributed by atoms with Gasteiger partial charge in [0.15, 0.2) is 9.84 Å². The van der Waals surface area contributed by atoms with Crippen molar-refractivity contribution in [2.45, 2.75) is 30.6 Å². The minimum absolute atomic E-state index is 0.00137. The first-order chi connectivity index (χ1) is 10.5. The van der Waals surface area contributed by atoms with Gasteiger partial charge in [0.25, 0.3) is 5.91 Å². The highest BCUT2D eigenvalue weighted by Gasteiger charge is 2.21. The maximum absolute atomic E-state index is 12.4. The van der Waals surface area contributed by atoms with E-state index in [-0.39, 0.29) is 10.5 Å². The molecule has 1 aromatic heterocycles. The molecule has 0 unspecified atom stereocenters. The van der Waals surface area contributed by atoms with Crippen LogP contribution in [-0.4, -0.2) is 35.7 Å². The molecule has 0 bridgehead atoms. The van der Waals surface area contributed by atoms with Gasteiger partial charge >= 0.3 is 0 Å². The Morgan fingerprint density at radius 3 is 2.73 bits per heavy atom. The van der Waals surface area contributed by atoms with Crippen molar-refractivity contribution < 1.29 is 13.2 Å². The zero-order valence-corrected chi connectivity index (χ0v) is 12.9. The molecule has 1 aliphatic rings. The second-order valence-corrected chi connectivity index (χ2v) is 7.30. The highest BCUT2D eigenvalue weighted by molar-refractivity contribution is 7.90. The molecule has 0 spiro atoms. The molecule has 0 radical (unpaired) electrons. The molecule has 1 aliphatic carbocycles. The maximum Gasteiger partial charge on any atom is 0.272 e. The Labute approximate surface area is 128 Å². The molecule has 22 heavy (non-hydrogen) atoms. The van der Waals surface area contributed by atoms with Crippen molar-refractivity contribution in [1.82, 2.24) is 15.1 Å². The summed E-state index contributed by atoms with van der Waals surface area (Å²) in [4.78, 5) is 13.8. The summed E-state index contributed by atoms with van der Waals surface area (Å²) in [6.45, 7) is 0. The maximum atomic E-state index is 12.4. The van der Waals surface area contributed by atoms with Gasteiger partial charge in [0.05, 0.1) is 21.8 Å². The summed E-state index contributed by atoms with van der Waals surface area (Å²) in [6.07, 6.45) is 4.82. The zero-order chi connectivity index (χ0) is 15.7. The standard InChI is InChI=1S/C14H16N4O3S/c1-22(20,21)13-9-5-2-6-10(13)14(19)16-18-12-8-4-3-7-11(12)15-17-18/h2,5-6,9H,3-4,7-8H2,1H3,(H,16,19). The van der Waals surface area contributed by atoms with E-state index in [9.17, 15) is 13.2 Å². The zero-order valence-electron chi connectivity index (χ0n) is 12.1. The van der Waals surface area contributed by atoms with Gasteiger partial charge in [-0.1, -0.05) is 12.1 Å². The lowest BCUT2D eigenvalue weighted by Gasteiger charge is -2.13. The summed E-state index contributed by atoms with van der Waals surface area (Å²) in [5, 5.41) is 8.00. The lowest BCUT2D eigenvalue weighted by molar-refractivity contribution is 0.100. The fourth-order valence-corrected chi connectivity index (χ4v) is 3.47. The third-order valence-electron chi connectivity index (χ3n) is 3.66. The summed E-state index contributed by atoms with van der Waals surface area (Å²) < 4.78 is 23.6. The van der Waals surface area contributed by atoms with Gasteiger partial charge in [-0.3, -0.25) is 4.79 Å². The average Bonchev–Trinajstić information content (AvgIpc) is 2.90. The van der Waals surface area contributed by atoms with Crippen LogP contribution < -0.4 is 5.43 Å². The lowest BCUT2D eigenvalue weighted by atomic mass is 10.0. The van der Waals surface area contributed by atoms with Crippen LogP contribution in [0.4, 0.5) is 0 Å². The molecule has 1 aromatic carbocycles. The number of aromatic nitrogens is 3. The number of benzene rings is 1. The topological polar surface area (TPSA) is 94.0 Å². The van der Waals surface area contributed by atoms with Gasteiger partial charge in [0.2, 0.25) is 0 Å². The molecular formula is C14H16N4O3S. The summed E-state index contributed by atoms with van der Waals surface area (Å²) >= 11 is 0. The third-order valence-corrected chi connectivity index (χ3v) is 4.81. The highest BCUT2D eigenvalue weighted by Crippen LogP contribution is 2.19. The number of carbonyl (C=O) groups excluding carboxylic acids is 1. The summed E-state index contributed by atoms with van der Waals surface area (Å²) in [5.41, 5.74) is 4.50. The van der Waals surface area contributed by atoms with Gasteiger partial charge in [-0.05, 0) is 43.0 Å². The Hall–Kier alpha value is -2.22. The normalized spacial score (nSPS) is 14.4. The van der Waals surface area contributed by atoms with Crippen molar-refractivity contribution in [3.8, 4) is 0 Å². The second-order valence-electron chi connectivity index (χ2n) is 5.31. The van der Waals surface area contributed by atoms with E-state index in [1.807, 2.05) is 0 Å². The third kappa shape index (κ3) is 2.74. The van der Waals surface area contributed by atoms with E-state index in [1.54, 1.807) is 12.1 Å². The number of rotatable bonds is 3. The van der Waals surface area contributed by atoms with Crippen LogP contribution in [0.15, 0.2) is 29.2 Å². The first-order valence-corrected chi connectivity index (χ1v) is 8.90. The molecule has 0 atom stereocenters. The molecule has 1 amide bonds. The van der Waals surface area contributed by atoms with E-state index < -0.39 is 15.7 Å². The van der Waals surface area contributed by atoms with E-state index in [0.717, 1.165) is 43.3 Å². The second kappa shape index (κ2) is 5.53. The molecule has 0 saturated heterocycles. The van der Waals surface area contributed by atoms with Gasteiger partial charge in [-0.2, -0.15) is 4.79 Å². The van der Waals surface area contributed by atoms with Crippen LogP contribution in [0.5, 0.6) is 0 Å². The predicted molar refractivity (Wildman–Crippen MR) is 79.9 cm³/mol. The van der Waals surface area contributed by atoms with Crippen LogP contribution in [0.25, 0.3) is 0 Å². The van der Waals surface area contributed by atoms with Gasteiger partial charge in [0.1, 0.15) is 0 Å². The Morgan fingerprint density at radius 1 is 1.23 bits per heavy atom. The Bertz CT molecular complexity index is 826. The van der Waals surface area contributed by atoms with Gasteiger partial charge in [0, 0.05) is 6.26 Å². The van der Waals surface area contributed by atoms with E-state index >= 15 is 0 Å². The number of nitrogens with zero attached hydrogens (tertiary/aromatic N) is 3. The Morgan fingerprint density at radius 2 is 1.95 bits per heavy atom. The Kier molecular flexibility index (Phi) is 3.69. The van der Waals surface area contributed by atoms with Crippen molar-refractivity contribution in [2.75, 3.05) is 11.7 Å². The van der Waals surface area contributed by atoms with Gasteiger partial charge in [-0.25, -0.2) is 13.8 Å². The average molecular weight is 320 g/mol. The quantitative estimate of drug-likeness (QED) is 0.908. The minimum Gasteiger partial charge on any atom is -0.267 e. The van der Waals surface area contributed by atoms with E-state index in [0.29, 0.717) is 0 Å². The van der Waals surface area contributed by atoms with Crippen LogP contribution in [0, 0.1) is 0 Å². The predicted octanol–water partition coefficient (Wildman–Crippen LogP) is 0.944. The molecule has 2 aromatic rings. The van der Waals surface area contributed by atoms with Crippen LogP contribution in [0.2, 0.25) is 0 Å². The molecule has 7 nitrogen and oxygen atoms in total. The first kappa shape index (κ1) is 14.7. The lowest BCUT2D eigenvalue weighted by Crippen LogP contribution is -2.27. The molecular weight excluding hydrogens is 304 g/mol. The van der Waals surface area contributed by atoms with Crippen molar-refractivity contribution in [1.29, 1.82) is 0 Å². The molecule has 0 saturated carbocycles. The highest BCUT2D eigenvalue weighted by atomic mass is 32.2. The smallest absolute Gasteiger partial charge is 0.267 e. The van der Waals surface area contributed by atoms with Gasteiger partial charge in [-0.15, -0.1) is 5.10 Å².